The van der Waals surface area contributed by atoms with Gasteiger partial charge >= 0.3 is 0 Å². The van der Waals surface area contributed by atoms with Crippen molar-refractivity contribution in [3.63, 3.8) is 0 Å². The monoisotopic (exact) mass is 441 g/mol. The molecule has 1 fully saturated rings. The van der Waals surface area contributed by atoms with Gasteiger partial charge in [-0.3, -0.25) is 4.79 Å². The van der Waals surface area contributed by atoms with Gasteiger partial charge in [0.2, 0.25) is 5.75 Å². The molecule has 168 valence electrons. The van der Waals surface area contributed by atoms with Crippen LogP contribution in [0, 0.1) is 5.82 Å². The summed E-state index contributed by atoms with van der Waals surface area (Å²) < 4.78 is 27.3. The fraction of sp³-hybridized carbons (Fsp3) is 0.304. The van der Waals surface area contributed by atoms with E-state index in [2.05, 4.69) is 16.9 Å². The van der Waals surface area contributed by atoms with E-state index in [4.69, 9.17) is 9.47 Å². The Hall–Kier alpha value is -3.59. The molecule has 3 N–H and O–H groups in total. The Balaban J connectivity index is 1.95. The zero-order chi connectivity index (χ0) is 23.2. The molecule has 8 nitrogen and oxygen atoms in total. The third kappa shape index (κ3) is 3.34. The van der Waals surface area contributed by atoms with E-state index < -0.39 is 22.9 Å². The largest absolute Gasteiger partial charge is 0.502 e. The number of imidazole rings is 1. The Morgan fingerprint density at radius 3 is 2.66 bits per heavy atom. The van der Waals surface area contributed by atoms with E-state index in [1.807, 2.05) is 13.8 Å². The van der Waals surface area contributed by atoms with Crippen molar-refractivity contribution in [1.29, 1.82) is 0 Å². The first-order chi connectivity index (χ1) is 15.2. The van der Waals surface area contributed by atoms with Gasteiger partial charge in [0.1, 0.15) is 5.82 Å². The number of halogens is 1. The Kier molecular flexibility index (Phi) is 5.29. The number of aromatic nitrogens is 2. The maximum atomic E-state index is 15.0. The van der Waals surface area contributed by atoms with Gasteiger partial charge in [-0.15, -0.1) is 0 Å². The molecule has 0 aliphatic carbocycles. The SMILES string of the molecule is C=C(CC)NC(=O)c1ccc2nc(-c3cc(OC)c(O)c(O)c3F)n(C3(C)COC3)c2c1. The zero-order valence-electron chi connectivity index (χ0n) is 18.0. The lowest BCUT2D eigenvalue weighted by Crippen LogP contribution is -2.49. The summed E-state index contributed by atoms with van der Waals surface area (Å²) >= 11 is 0. The van der Waals surface area contributed by atoms with Gasteiger partial charge in [-0.2, -0.15) is 0 Å². The second-order valence-corrected chi connectivity index (χ2v) is 8.01. The van der Waals surface area contributed by atoms with Gasteiger partial charge in [-0.05, 0) is 37.6 Å². The number of allylic oxidation sites excluding steroid dienone is 1. The Bertz CT molecular complexity index is 1250. The molecule has 3 aromatic rings. The van der Waals surface area contributed by atoms with Gasteiger partial charge in [0, 0.05) is 11.3 Å². The molecule has 9 heteroatoms. The lowest BCUT2D eigenvalue weighted by Gasteiger charge is -2.40. The van der Waals surface area contributed by atoms with E-state index in [9.17, 15) is 15.0 Å². The number of methoxy groups -OCH3 is 1. The molecule has 1 saturated heterocycles. The summed E-state index contributed by atoms with van der Waals surface area (Å²) in [6, 6.07) is 6.27. The molecule has 0 unspecified atom stereocenters. The number of aromatic hydroxyl groups is 2. The number of phenols is 2. The molecule has 32 heavy (non-hydrogen) atoms. The number of carbonyl (C=O) groups excluding carboxylic acids is 1. The van der Waals surface area contributed by atoms with Crippen LogP contribution in [0.15, 0.2) is 36.5 Å². The summed E-state index contributed by atoms with van der Waals surface area (Å²) in [5.41, 5.74) is 1.52. The van der Waals surface area contributed by atoms with Crippen molar-refractivity contribution in [2.24, 2.45) is 0 Å². The summed E-state index contributed by atoms with van der Waals surface area (Å²) in [4.78, 5) is 17.2. The van der Waals surface area contributed by atoms with Crippen molar-refractivity contribution in [2.75, 3.05) is 20.3 Å². The first kappa shape index (κ1) is 21.6. The van der Waals surface area contributed by atoms with E-state index in [-0.39, 0.29) is 23.0 Å². The van der Waals surface area contributed by atoms with E-state index in [0.717, 1.165) is 0 Å². The second kappa shape index (κ2) is 7.83. The summed E-state index contributed by atoms with van der Waals surface area (Å²) in [7, 11) is 1.30. The highest BCUT2D eigenvalue weighted by Crippen LogP contribution is 2.44. The molecule has 0 spiro atoms. The van der Waals surface area contributed by atoms with E-state index in [1.165, 1.54) is 13.2 Å². The van der Waals surface area contributed by atoms with Crippen molar-refractivity contribution < 1.29 is 28.9 Å². The molecular formula is C23H24FN3O5. The molecule has 0 saturated carbocycles. The van der Waals surface area contributed by atoms with Crippen LogP contribution < -0.4 is 10.1 Å². The van der Waals surface area contributed by atoms with Gasteiger partial charge in [-0.25, -0.2) is 9.37 Å². The average Bonchev–Trinajstić information content (AvgIpc) is 3.14. The lowest BCUT2D eigenvalue weighted by atomic mass is 9.98. The number of hydrogen-bond donors (Lipinski definition) is 3. The zero-order valence-corrected chi connectivity index (χ0v) is 18.0. The molecule has 1 aliphatic rings. The second-order valence-electron chi connectivity index (χ2n) is 8.01. The Labute approximate surface area is 183 Å². The topological polar surface area (TPSA) is 106 Å². The fourth-order valence-electron chi connectivity index (χ4n) is 3.72. The van der Waals surface area contributed by atoms with Crippen molar-refractivity contribution in [1.82, 2.24) is 14.9 Å². The quantitative estimate of drug-likeness (QED) is 0.504. The number of benzene rings is 2. The highest BCUT2D eigenvalue weighted by molar-refractivity contribution is 5.98. The predicted octanol–water partition coefficient (Wildman–Crippen LogP) is 3.66. The summed E-state index contributed by atoms with van der Waals surface area (Å²) in [5.74, 6) is -2.83. The number of rotatable bonds is 6. The van der Waals surface area contributed by atoms with Crippen molar-refractivity contribution in [3.05, 3.63) is 47.9 Å². The first-order valence-corrected chi connectivity index (χ1v) is 10.1. The third-order valence-electron chi connectivity index (χ3n) is 5.64. The van der Waals surface area contributed by atoms with Crippen molar-refractivity contribution in [3.8, 4) is 28.6 Å². The third-order valence-corrected chi connectivity index (χ3v) is 5.64. The van der Waals surface area contributed by atoms with Crippen LogP contribution in [0.5, 0.6) is 17.2 Å². The molecule has 4 rings (SSSR count). The highest BCUT2D eigenvalue weighted by Gasteiger charge is 2.39. The number of fused-ring (bicyclic) bond motifs is 1. The lowest BCUT2D eigenvalue weighted by molar-refractivity contribution is -0.0868. The minimum Gasteiger partial charge on any atom is -0.502 e. The van der Waals surface area contributed by atoms with E-state index in [0.29, 0.717) is 41.9 Å². The number of phenolic OH excluding ortho intramolecular Hbond substituents is 2. The predicted molar refractivity (Wildman–Crippen MR) is 116 cm³/mol. The standard InChI is InChI=1S/C23H24FN3O5/c1-5-12(2)25-22(30)13-6-7-15-16(8-13)27(23(3)10-32-11-23)21(26-15)14-9-17(31-4)19(28)20(29)18(14)24/h6-9,28-29H,2,5,10-11H2,1,3-4H3,(H,25,30). The normalized spacial score (nSPS) is 14.8. The molecule has 2 heterocycles. The van der Waals surface area contributed by atoms with Gasteiger partial charge in [0.15, 0.2) is 17.3 Å². The van der Waals surface area contributed by atoms with Crippen molar-refractivity contribution in [2.45, 2.75) is 25.8 Å². The van der Waals surface area contributed by atoms with Crippen LogP contribution >= 0.6 is 0 Å². The van der Waals surface area contributed by atoms with Gasteiger partial charge in [0.05, 0.1) is 42.5 Å². The molecule has 0 radical (unpaired) electrons. The first-order valence-electron chi connectivity index (χ1n) is 10.1. The molecular weight excluding hydrogens is 417 g/mol. The van der Waals surface area contributed by atoms with Crippen molar-refractivity contribution >= 4 is 16.9 Å². The van der Waals surface area contributed by atoms with Crippen LogP contribution in [0.4, 0.5) is 4.39 Å². The molecule has 2 aromatic carbocycles. The van der Waals surface area contributed by atoms with Crippen LogP contribution in [-0.2, 0) is 10.3 Å². The van der Waals surface area contributed by atoms with Crippen LogP contribution in [0.1, 0.15) is 30.6 Å². The minimum atomic E-state index is -1.03. The van der Waals surface area contributed by atoms with Gasteiger partial charge in [0.25, 0.3) is 5.91 Å². The number of hydrogen-bond acceptors (Lipinski definition) is 6. The van der Waals surface area contributed by atoms with Crippen LogP contribution in [0.25, 0.3) is 22.4 Å². The number of ether oxygens (including phenoxy) is 2. The molecule has 1 aromatic heterocycles. The number of nitrogens with zero attached hydrogens (tertiary/aromatic N) is 2. The summed E-state index contributed by atoms with van der Waals surface area (Å²) in [6.45, 7) is 8.34. The van der Waals surface area contributed by atoms with Gasteiger partial charge in [-0.1, -0.05) is 13.5 Å². The summed E-state index contributed by atoms with van der Waals surface area (Å²) in [6.07, 6.45) is 0.608. The number of nitrogens with one attached hydrogen (secondary N) is 1. The van der Waals surface area contributed by atoms with Gasteiger partial charge < -0.3 is 29.6 Å². The number of carbonyl (C=O) groups is 1. The van der Waals surface area contributed by atoms with Crippen LogP contribution in [-0.4, -0.2) is 46.0 Å². The number of amides is 1. The Morgan fingerprint density at radius 2 is 2.06 bits per heavy atom. The Morgan fingerprint density at radius 1 is 1.34 bits per heavy atom. The fourth-order valence-corrected chi connectivity index (χ4v) is 3.72. The molecule has 0 atom stereocenters. The van der Waals surface area contributed by atoms with Crippen LogP contribution in [0.3, 0.4) is 0 Å². The maximum Gasteiger partial charge on any atom is 0.255 e. The maximum absolute atomic E-state index is 15.0. The average molecular weight is 441 g/mol. The smallest absolute Gasteiger partial charge is 0.255 e. The summed E-state index contributed by atoms with van der Waals surface area (Å²) in [5, 5.41) is 22.8. The molecule has 1 aliphatic heterocycles. The van der Waals surface area contributed by atoms with E-state index in [1.54, 1.807) is 22.8 Å². The molecule has 1 amide bonds. The van der Waals surface area contributed by atoms with E-state index >= 15 is 4.39 Å². The minimum absolute atomic E-state index is 0.0492. The van der Waals surface area contributed by atoms with Crippen LogP contribution in [0.2, 0.25) is 0 Å². The molecule has 0 bridgehead atoms. The highest BCUT2D eigenvalue weighted by atomic mass is 19.1.